The maximum absolute atomic E-state index is 5.98. The van der Waals surface area contributed by atoms with Gasteiger partial charge in [0.1, 0.15) is 0 Å². The van der Waals surface area contributed by atoms with Crippen molar-refractivity contribution in [2.45, 2.75) is 63.6 Å². The topological polar surface area (TPSA) is 24.1 Å². The lowest BCUT2D eigenvalue weighted by atomic mass is 9.88. The van der Waals surface area contributed by atoms with E-state index in [1.165, 1.54) is 50.6 Å². The summed E-state index contributed by atoms with van der Waals surface area (Å²) in [7, 11) is 0. The highest BCUT2D eigenvalue weighted by molar-refractivity contribution is 6.30. The molecular weight excluding hydrogens is 280 g/mol. The van der Waals surface area contributed by atoms with Gasteiger partial charge in [0, 0.05) is 23.1 Å². The van der Waals surface area contributed by atoms with Gasteiger partial charge >= 0.3 is 0 Å². The van der Waals surface area contributed by atoms with Crippen LogP contribution < -0.4 is 10.6 Å². The Morgan fingerprint density at radius 1 is 1.10 bits per heavy atom. The van der Waals surface area contributed by atoms with Crippen LogP contribution in [-0.4, -0.2) is 18.6 Å². The quantitative estimate of drug-likeness (QED) is 0.866. The summed E-state index contributed by atoms with van der Waals surface area (Å²) in [5.41, 5.74) is 1.33. The maximum atomic E-state index is 5.98. The predicted molar refractivity (Wildman–Crippen MR) is 89.8 cm³/mol. The molecule has 0 bridgehead atoms. The van der Waals surface area contributed by atoms with Crippen molar-refractivity contribution < 1.29 is 0 Å². The van der Waals surface area contributed by atoms with Crippen LogP contribution in [0.3, 0.4) is 0 Å². The van der Waals surface area contributed by atoms with Crippen LogP contribution in [0, 0.1) is 5.92 Å². The first-order chi connectivity index (χ1) is 10.2. The molecule has 0 radical (unpaired) electrons. The average Bonchev–Trinajstić information content (AvgIpc) is 2.97. The lowest BCUT2D eigenvalue weighted by Crippen LogP contribution is -2.47. The second-order valence-electron chi connectivity index (χ2n) is 6.70. The third kappa shape index (κ3) is 3.80. The Bertz CT molecular complexity index is 439. The number of nitrogens with one attached hydrogen (secondary N) is 2. The van der Waals surface area contributed by atoms with E-state index in [-0.39, 0.29) is 0 Å². The monoisotopic (exact) mass is 306 g/mol. The van der Waals surface area contributed by atoms with Gasteiger partial charge in [-0.1, -0.05) is 36.6 Å². The van der Waals surface area contributed by atoms with Crippen molar-refractivity contribution >= 4 is 11.6 Å². The molecule has 116 valence electrons. The Kier molecular flexibility index (Phi) is 5.20. The summed E-state index contributed by atoms with van der Waals surface area (Å²) in [6.07, 6.45) is 8.17. The molecule has 4 atom stereocenters. The van der Waals surface area contributed by atoms with E-state index in [0.29, 0.717) is 12.1 Å². The average molecular weight is 307 g/mol. The summed E-state index contributed by atoms with van der Waals surface area (Å²) in [4.78, 5) is 0. The summed E-state index contributed by atoms with van der Waals surface area (Å²) >= 11 is 5.98. The Morgan fingerprint density at radius 3 is 2.62 bits per heavy atom. The molecule has 1 saturated carbocycles. The summed E-state index contributed by atoms with van der Waals surface area (Å²) < 4.78 is 0. The van der Waals surface area contributed by atoms with E-state index in [9.17, 15) is 0 Å². The minimum absolute atomic E-state index is 0.399. The van der Waals surface area contributed by atoms with Crippen LogP contribution in [0.4, 0.5) is 0 Å². The highest BCUT2D eigenvalue weighted by Crippen LogP contribution is 2.33. The van der Waals surface area contributed by atoms with Gasteiger partial charge in [-0.15, -0.1) is 0 Å². The summed E-state index contributed by atoms with van der Waals surface area (Å²) in [5.74, 6) is 0.806. The molecule has 4 unspecified atom stereocenters. The Hall–Kier alpha value is -0.570. The third-order valence-electron chi connectivity index (χ3n) is 5.27. The van der Waals surface area contributed by atoms with Crippen LogP contribution in [0.25, 0.3) is 0 Å². The van der Waals surface area contributed by atoms with Crippen molar-refractivity contribution in [3.63, 3.8) is 0 Å². The molecule has 0 spiro atoms. The Balaban J connectivity index is 1.61. The largest absolute Gasteiger partial charge is 0.314 e. The van der Waals surface area contributed by atoms with Gasteiger partial charge in [-0.25, -0.2) is 0 Å². The number of halogens is 1. The van der Waals surface area contributed by atoms with Gasteiger partial charge in [-0.2, -0.15) is 0 Å². The second-order valence-corrected chi connectivity index (χ2v) is 7.13. The lowest BCUT2D eigenvalue weighted by molar-refractivity contribution is 0.248. The molecule has 1 aromatic carbocycles. The fourth-order valence-electron chi connectivity index (χ4n) is 4.09. The van der Waals surface area contributed by atoms with E-state index in [0.717, 1.165) is 17.0 Å². The van der Waals surface area contributed by atoms with E-state index in [1.807, 2.05) is 12.1 Å². The first-order valence-electron chi connectivity index (χ1n) is 8.49. The minimum atomic E-state index is 0.399. The van der Waals surface area contributed by atoms with Gasteiger partial charge < -0.3 is 10.6 Å². The standard InChI is InChI=1S/C18H27ClN2/c1-13(14-8-10-15(19)11-9-14)21-18-7-4-5-16(18)17-6-2-3-12-20-17/h8-11,13,16-18,20-21H,2-7,12H2,1H3. The van der Waals surface area contributed by atoms with Crippen LogP contribution in [0.2, 0.25) is 5.02 Å². The zero-order chi connectivity index (χ0) is 14.7. The van der Waals surface area contributed by atoms with Crippen LogP contribution in [0.5, 0.6) is 0 Å². The molecule has 2 fully saturated rings. The van der Waals surface area contributed by atoms with Gasteiger partial charge in [0.15, 0.2) is 0 Å². The smallest absolute Gasteiger partial charge is 0.0406 e. The van der Waals surface area contributed by atoms with E-state index in [4.69, 9.17) is 11.6 Å². The molecule has 0 aromatic heterocycles. The molecule has 0 amide bonds. The first kappa shape index (κ1) is 15.3. The normalized spacial score (nSPS) is 31.2. The minimum Gasteiger partial charge on any atom is -0.314 e. The zero-order valence-electron chi connectivity index (χ0n) is 12.9. The number of piperidine rings is 1. The fourth-order valence-corrected chi connectivity index (χ4v) is 4.22. The molecule has 2 N–H and O–H groups in total. The van der Waals surface area contributed by atoms with Crippen molar-refractivity contribution in [2.24, 2.45) is 5.92 Å². The number of hydrogen-bond donors (Lipinski definition) is 2. The Morgan fingerprint density at radius 2 is 1.90 bits per heavy atom. The molecule has 1 heterocycles. The SMILES string of the molecule is CC(NC1CCCC1C1CCCCN1)c1ccc(Cl)cc1. The fraction of sp³-hybridized carbons (Fsp3) is 0.667. The summed E-state index contributed by atoms with van der Waals surface area (Å²) in [5, 5.41) is 8.45. The molecule has 1 aliphatic heterocycles. The van der Waals surface area contributed by atoms with Gasteiger partial charge in [-0.05, 0) is 62.8 Å². The van der Waals surface area contributed by atoms with E-state index < -0.39 is 0 Å². The van der Waals surface area contributed by atoms with Gasteiger partial charge in [0.05, 0.1) is 0 Å². The first-order valence-corrected chi connectivity index (χ1v) is 8.87. The third-order valence-corrected chi connectivity index (χ3v) is 5.52. The molecule has 1 saturated heterocycles. The Labute approximate surface area is 133 Å². The lowest BCUT2D eigenvalue weighted by Gasteiger charge is -2.34. The van der Waals surface area contributed by atoms with Crippen LogP contribution in [0.15, 0.2) is 24.3 Å². The van der Waals surface area contributed by atoms with Crippen LogP contribution >= 0.6 is 11.6 Å². The van der Waals surface area contributed by atoms with Crippen molar-refractivity contribution in [3.05, 3.63) is 34.9 Å². The van der Waals surface area contributed by atoms with E-state index in [2.05, 4.69) is 29.7 Å². The highest BCUT2D eigenvalue weighted by atomic mass is 35.5. The van der Waals surface area contributed by atoms with Crippen molar-refractivity contribution in [2.75, 3.05) is 6.54 Å². The zero-order valence-corrected chi connectivity index (χ0v) is 13.7. The summed E-state index contributed by atoms with van der Waals surface area (Å²) in [6.45, 7) is 3.48. The van der Waals surface area contributed by atoms with Crippen LogP contribution in [-0.2, 0) is 0 Å². The molecule has 3 heteroatoms. The number of hydrogen-bond acceptors (Lipinski definition) is 2. The second kappa shape index (κ2) is 7.13. The maximum Gasteiger partial charge on any atom is 0.0406 e. The number of rotatable bonds is 4. The molecule has 1 aliphatic carbocycles. The van der Waals surface area contributed by atoms with E-state index >= 15 is 0 Å². The molecule has 3 rings (SSSR count). The predicted octanol–water partition coefficient (Wildman–Crippen LogP) is 4.30. The molecule has 2 aliphatic rings. The molecule has 21 heavy (non-hydrogen) atoms. The van der Waals surface area contributed by atoms with E-state index in [1.54, 1.807) is 0 Å². The molecule has 2 nitrogen and oxygen atoms in total. The summed E-state index contributed by atoms with van der Waals surface area (Å²) in [6, 6.07) is 10.1. The van der Waals surface area contributed by atoms with Crippen molar-refractivity contribution in [1.29, 1.82) is 0 Å². The van der Waals surface area contributed by atoms with Crippen LogP contribution in [0.1, 0.15) is 57.1 Å². The van der Waals surface area contributed by atoms with Gasteiger partial charge in [-0.3, -0.25) is 0 Å². The van der Waals surface area contributed by atoms with Gasteiger partial charge in [0.2, 0.25) is 0 Å². The van der Waals surface area contributed by atoms with Crippen molar-refractivity contribution in [1.82, 2.24) is 10.6 Å². The van der Waals surface area contributed by atoms with Crippen molar-refractivity contribution in [3.8, 4) is 0 Å². The molecular formula is C18H27ClN2. The molecule has 1 aromatic rings. The van der Waals surface area contributed by atoms with Gasteiger partial charge in [0.25, 0.3) is 0 Å². The highest BCUT2D eigenvalue weighted by Gasteiger charge is 2.34. The number of benzene rings is 1.